The summed E-state index contributed by atoms with van der Waals surface area (Å²) in [4.78, 5) is 28.3. The number of benzene rings is 1. The van der Waals surface area contributed by atoms with E-state index in [2.05, 4.69) is 4.98 Å². The molecular formula is C15H11FN2O3. The summed E-state index contributed by atoms with van der Waals surface area (Å²) in [5.74, 6) is -2.41. The predicted molar refractivity (Wildman–Crippen MR) is 73.0 cm³/mol. The number of aromatic nitrogens is 1. The van der Waals surface area contributed by atoms with E-state index in [0.29, 0.717) is 18.7 Å². The minimum atomic E-state index is -1.07. The monoisotopic (exact) mass is 286 g/mol. The van der Waals surface area contributed by atoms with Crippen molar-refractivity contribution in [2.45, 2.75) is 6.42 Å². The van der Waals surface area contributed by atoms with Gasteiger partial charge >= 0.3 is 5.97 Å². The molecule has 0 aliphatic carbocycles. The Morgan fingerprint density at radius 1 is 1.29 bits per heavy atom. The molecule has 0 atom stereocenters. The summed E-state index contributed by atoms with van der Waals surface area (Å²) in [5.41, 5.74) is 1.37. The van der Waals surface area contributed by atoms with Crippen LogP contribution < -0.4 is 4.90 Å². The normalized spacial score (nSPS) is 13.1. The van der Waals surface area contributed by atoms with Crippen molar-refractivity contribution in [3.8, 4) is 0 Å². The quantitative estimate of drug-likeness (QED) is 0.858. The van der Waals surface area contributed by atoms with Crippen LogP contribution in [0.2, 0.25) is 0 Å². The number of nitrogens with zero attached hydrogens (tertiary/aromatic N) is 2. The van der Waals surface area contributed by atoms with Crippen LogP contribution in [-0.4, -0.2) is 28.5 Å². The minimum absolute atomic E-state index is 0.0973. The lowest BCUT2D eigenvalue weighted by Crippen LogP contribution is -2.30. The molecule has 0 saturated heterocycles. The highest BCUT2D eigenvalue weighted by atomic mass is 19.1. The number of carboxylic acids is 1. The zero-order chi connectivity index (χ0) is 15.0. The number of hydrogen-bond donors (Lipinski definition) is 1. The van der Waals surface area contributed by atoms with Gasteiger partial charge in [-0.3, -0.25) is 4.79 Å². The lowest BCUT2D eigenvalue weighted by Gasteiger charge is -2.17. The number of aromatic carboxylic acids is 1. The van der Waals surface area contributed by atoms with Crippen LogP contribution in [0.3, 0.4) is 0 Å². The Hall–Kier alpha value is -2.76. The first-order valence-electron chi connectivity index (χ1n) is 6.36. The summed E-state index contributed by atoms with van der Waals surface area (Å²) in [6.07, 6.45) is 1.88. The second-order valence-corrected chi connectivity index (χ2v) is 4.70. The van der Waals surface area contributed by atoms with Gasteiger partial charge in [0.1, 0.15) is 0 Å². The molecule has 2 heterocycles. The summed E-state index contributed by atoms with van der Waals surface area (Å²) in [5, 5.41) is 9.03. The van der Waals surface area contributed by atoms with Crippen LogP contribution in [0.4, 0.5) is 10.1 Å². The molecular weight excluding hydrogens is 275 g/mol. The van der Waals surface area contributed by atoms with Crippen molar-refractivity contribution in [2.24, 2.45) is 0 Å². The number of anilines is 1. The Morgan fingerprint density at radius 3 is 2.81 bits per heavy atom. The molecule has 0 radical (unpaired) electrons. The molecule has 5 nitrogen and oxygen atoms in total. The van der Waals surface area contributed by atoms with Gasteiger partial charge in [-0.15, -0.1) is 0 Å². The van der Waals surface area contributed by atoms with E-state index in [9.17, 15) is 14.0 Å². The van der Waals surface area contributed by atoms with E-state index in [1.807, 2.05) is 0 Å². The Balaban J connectivity index is 2.01. The van der Waals surface area contributed by atoms with Crippen molar-refractivity contribution in [3.63, 3.8) is 0 Å². The lowest BCUT2D eigenvalue weighted by atomic mass is 10.1. The highest BCUT2D eigenvalue weighted by Crippen LogP contribution is 2.30. The van der Waals surface area contributed by atoms with Crippen molar-refractivity contribution in [2.75, 3.05) is 11.4 Å². The van der Waals surface area contributed by atoms with Gasteiger partial charge in [0, 0.05) is 18.4 Å². The molecule has 1 aromatic carbocycles. The zero-order valence-corrected chi connectivity index (χ0v) is 10.9. The lowest BCUT2D eigenvalue weighted by molar-refractivity contribution is 0.0696. The van der Waals surface area contributed by atoms with Crippen LogP contribution in [-0.2, 0) is 6.42 Å². The van der Waals surface area contributed by atoms with Gasteiger partial charge in [0.25, 0.3) is 5.91 Å². The number of fused-ring (bicyclic) bond motifs is 1. The van der Waals surface area contributed by atoms with Crippen molar-refractivity contribution >= 4 is 17.6 Å². The molecule has 1 aliphatic heterocycles. The highest BCUT2D eigenvalue weighted by molar-refractivity contribution is 6.07. The third kappa shape index (κ3) is 2.24. The topological polar surface area (TPSA) is 70.5 Å². The van der Waals surface area contributed by atoms with Gasteiger partial charge in [-0.1, -0.05) is 6.07 Å². The molecule has 21 heavy (non-hydrogen) atoms. The zero-order valence-electron chi connectivity index (χ0n) is 10.9. The molecule has 106 valence electrons. The van der Waals surface area contributed by atoms with Crippen LogP contribution >= 0.6 is 0 Å². The summed E-state index contributed by atoms with van der Waals surface area (Å²) < 4.78 is 13.6. The van der Waals surface area contributed by atoms with Gasteiger partial charge in [0.2, 0.25) is 5.95 Å². The number of carbonyl (C=O) groups is 2. The van der Waals surface area contributed by atoms with E-state index >= 15 is 0 Å². The average Bonchev–Trinajstić information content (AvgIpc) is 2.90. The Kier molecular flexibility index (Phi) is 3.13. The van der Waals surface area contributed by atoms with Gasteiger partial charge in [-0.25, -0.2) is 9.78 Å². The van der Waals surface area contributed by atoms with Crippen LogP contribution in [0.5, 0.6) is 0 Å². The summed E-state index contributed by atoms with van der Waals surface area (Å²) in [6, 6.07) is 7.48. The van der Waals surface area contributed by atoms with E-state index in [1.54, 1.807) is 6.07 Å². The van der Waals surface area contributed by atoms with Crippen LogP contribution in [0.15, 0.2) is 36.5 Å². The van der Waals surface area contributed by atoms with Crippen LogP contribution in [0.25, 0.3) is 0 Å². The molecule has 3 rings (SSSR count). The molecule has 0 saturated carbocycles. The third-order valence-corrected chi connectivity index (χ3v) is 3.46. The fourth-order valence-electron chi connectivity index (χ4n) is 2.41. The van der Waals surface area contributed by atoms with E-state index in [0.717, 1.165) is 5.56 Å². The predicted octanol–water partition coefficient (Wildman–Crippen LogP) is 2.12. The first-order valence-corrected chi connectivity index (χ1v) is 6.36. The Labute approximate surface area is 119 Å². The molecule has 2 aromatic rings. The number of carbonyl (C=O) groups excluding carboxylic acids is 1. The van der Waals surface area contributed by atoms with Crippen molar-refractivity contribution in [3.05, 3.63) is 59.2 Å². The Bertz CT molecular complexity index is 745. The van der Waals surface area contributed by atoms with E-state index in [4.69, 9.17) is 5.11 Å². The second-order valence-electron chi connectivity index (χ2n) is 4.70. The van der Waals surface area contributed by atoms with E-state index in [1.165, 1.54) is 35.4 Å². The largest absolute Gasteiger partial charge is 0.478 e. The smallest absolute Gasteiger partial charge is 0.335 e. The average molecular weight is 286 g/mol. The maximum absolute atomic E-state index is 13.6. The first kappa shape index (κ1) is 13.2. The number of pyridine rings is 1. The van der Waals surface area contributed by atoms with Crippen molar-refractivity contribution < 1.29 is 19.1 Å². The van der Waals surface area contributed by atoms with E-state index < -0.39 is 17.8 Å². The summed E-state index contributed by atoms with van der Waals surface area (Å²) in [7, 11) is 0. The molecule has 1 N–H and O–H groups in total. The van der Waals surface area contributed by atoms with Gasteiger partial charge in [-0.2, -0.15) is 4.39 Å². The molecule has 0 unspecified atom stereocenters. The van der Waals surface area contributed by atoms with Crippen molar-refractivity contribution in [1.29, 1.82) is 0 Å². The fraction of sp³-hybridized carbons (Fsp3) is 0.133. The number of carboxylic acid groups (broad SMARTS) is 1. The minimum Gasteiger partial charge on any atom is -0.478 e. The molecule has 1 aromatic heterocycles. The Morgan fingerprint density at radius 2 is 2.10 bits per heavy atom. The maximum atomic E-state index is 13.6. The molecule has 1 amide bonds. The molecule has 0 spiro atoms. The van der Waals surface area contributed by atoms with Gasteiger partial charge in [0.15, 0.2) is 0 Å². The van der Waals surface area contributed by atoms with E-state index in [-0.39, 0.29) is 11.1 Å². The highest BCUT2D eigenvalue weighted by Gasteiger charge is 2.28. The summed E-state index contributed by atoms with van der Waals surface area (Å²) in [6.45, 7) is 0.394. The van der Waals surface area contributed by atoms with Crippen LogP contribution in [0, 0.1) is 5.95 Å². The SMILES string of the molecule is O=C(O)c1ccc2c(c1)N(C(=O)c1cccnc1F)CC2. The number of rotatable bonds is 2. The second kappa shape index (κ2) is 4.97. The molecule has 0 bridgehead atoms. The standard InChI is InChI=1S/C15H11FN2O3/c16-13-11(2-1-6-17-13)14(19)18-7-5-9-3-4-10(15(20)21)8-12(9)18/h1-4,6,8H,5,7H2,(H,20,21). The molecule has 6 heteroatoms. The molecule has 0 fully saturated rings. The van der Waals surface area contributed by atoms with Gasteiger partial charge < -0.3 is 10.0 Å². The number of hydrogen-bond acceptors (Lipinski definition) is 3. The van der Waals surface area contributed by atoms with Gasteiger partial charge in [-0.05, 0) is 36.2 Å². The molecule has 1 aliphatic rings. The number of halogens is 1. The number of amides is 1. The third-order valence-electron chi connectivity index (χ3n) is 3.46. The fourth-order valence-corrected chi connectivity index (χ4v) is 2.41. The van der Waals surface area contributed by atoms with Crippen LogP contribution in [0.1, 0.15) is 26.3 Å². The first-order chi connectivity index (χ1) is 10.1. The summed E-state index contributed by atoms with van der Waals surface area (Å²) >= 11 is 0. The van der Waals surface area contributed by atoms with Gasteiger partial charge in [0.05, 0.1) is 11.1 Å². The maximum Gasteiger partial charge on any atom is 0.335 e. The van der Waals surface area contributed by atoms with Crippen molar-refractivity contribution in [1.82, 2.24) is 4.98 Å².